The molecule has 2 aromatic heterocycles. The molecular formula is C35H40N6O13S3. The lowest BCUT2D eigenvalue weighted by Gasteiger charge is -2.15. The lowest BCUT2D eigenvalue weighted by Crippen LogP contribution is -2.45. The monoisotopic (exact) mass is 848 g/mol. The molecule has 0 saturated carbocycles. The van der Waals surface area contributed by atoms with Crippen molar-refractivity contribution in [2.45, 2.75) is 42.0 Å². The number of amides is 1. The maximum Gasteiger partial charge on any atom is 0.328 e. The van der Waals surface area contributed by atoms with E-state index in [-0.39, 0.29) is 75.2 Å². The molecule has 3 aromatic carbocycles. The summed E-state index contributed by atoms with van der Waals surface area (Å²) in [5.41, 5.74) is 2.49. The smallest absolute Gasteiger partial charge is 0.328 e. The van der Waals surface area contributed by atoms with E-state index in [1.165, 1.54) is 23.0 Å². The predicted octanol–water partition coefficient (Wildman–Crippen LogP) is 2.03. The molecule has 57 heavy (non-hydrogen) atoms. The molecule has 0 radical (unpaired) electrons. The molecule has 4 N–H and O–H groups in total. The molecular weight excluding hydrogens is 809 g/mol. The van der Waals surface area contributed by atoms with Crippen LogP contribution >= 0.6 is 11.3 Å². The highest BCUT2D eigenvalue weighted by Crippen LogP contribution is 2.28. The van der Waals surface area contributed by atoms with Crippen molar-refractivity contribution in [3.05, 3.63) is 89.7 Å². The summed E-state index contributed by atoms with van der Waals surface area (Å²) in [5, 5.41) is 25.1. The fraction of sp³-hybridized carbons (Fsp3) is 0.343. The van der Waals surface area contributed by atoms with Gasteiger partial charge in [-0.15, -0.1) is 16.4 Å². The highest BCUT2D eigenvalue weighted by atomic mass is 32.2. The van der Waals surface area contributed by atoms with Gasteiger partial charge in [-0.3, -0.25) is 8.98 Å². The number of carboxylic acids is 1. The van der Waals surface area contributed by atoms with Crippen LogP contribution in [-0.4, -0.2) is 106 Å². The second-order valence-corrected chi connectivity index (χ2v) is 16.5. The number of carbonyl (C=O) groups is 2. The molecule has 22 heteroatoms. The number of sulfonamides is 1. The van der Waals surface area contributed by atoms with E-state index in [4.69, 9.17) is 33.0 Å². The SMILES string of the molecule is Cc1ccc(S(=O)(=O)OCCOCCOCCOc2cccc(COCC(NC(=O)Cn3cc(COc4ccc5nc(S(N)(=O)=O)sc5c4)nn3)C(=O)O)c2)cc1. The highest BCUT2D eigenvalue weighted by Gasteiger charge is 2.21. The lowest BCUT2D eigenvalue weighted by molar-refractivity contribution is -0.144. The molecule has 2 heterocycles. The summed E-state index contributed by atoms with van der Waals surface area (Å²) < 4.78 is 82.0. The van der Waals surface area contributed by atoms with Crippen molar-refractivity contribution in [3.8, 4) is 11.5 Å². The van der Waals surface area contributed by atoms with Crippen molar-refractivity contribution in [3.63, 3.8) is 0 Å². The van der Waals surface area contributed by atoms with Crippen LogP contribution in [0.4, 0.5) is 0 Å². The second-order valence-electron chi connectivity index (χ2n) is 12.1. The Balaban J connectivity index is 0.942. The molecule has 1 atom stereocenters. The minimum atomic E-state index is -3.93. The molecule has 0 bridgehead atoms. The van der Waals surface area contributed by atoms with Crippen molar-refractivity contribution < 1.29 is 59.4 Å². The number of ether oxygens (including phenoxy) is 5. The Kier molecular flexibility index (Phi) is 15.4. The second kappa shape index (κ2) is 20.4. The summed E-state index contributed by atoms with van der Waals surface area (Å²) in [7, 11) is -7.78. The summed E-state index contributed by atoms with van der Waals surface area (Å²) >= 11 is 0.912. The van der Waals surface area contributed by atoms with Crippen LogP contribution in [0.3, 0.4) is 0 Å². The number of thiazole rings is 1. The molecule has 0 aliphatic carbocycles. The molecule has 5 rings (SSSR count). The van der Waals surface area contributed by atoms with Gasteiger partial charge in [-0.25, -0.2) is 28.0 Å². The molecule has 0 saturated heterocycles. The van der Waals surface area contributed by atoms with Crippen LogP contribution in [0.5, 0.6) is 11.5 Å². The molecule has 19 nitrogen and oxygen atoms in total. The van der Waals surface area contributed by atoms with Gasteiger partial charge >= 0.3 is 5.97 Å². The first kappa shape index (κ1) is 43.1. The standard InChI is InChI=1S/C35H40N6O13S3/c1-24-5-8-29(9-6-24)57(47,48)54-16-14-50-12-11-49-13-15-52-27-4-2-3-25(17-27)21-51-23-31(34(43)44)37-33(42)20-41-19-26(39-40-41)22-53-28-7-10-30-32(18-28)55-35(38-30)56(36,45)46/h2-10,17-19,31H,11-16,20-23H2,1H3,(H,37,42)(H,43,44)(H2,36,45,46). The third kappa shape index (κ3) is 13.8. The molecule has 0 spiro atoms. The van der Waals surface area contributed by atoms with Gasteiger partial charge < -0.3 is 34.1 Å². The maximum atomic E-state index is 12.6. The first-order valence-electron chi connectivity index (χ1n) is 17.1. The number of nitrogens with two attached hydrogens (primary N) is 1. The van der Waals surface area contributed by atoms with Gasteiger partial charge in [-0.2, -0.15) is 8.42 Å². The number of nitrogens with zero attached hydrogens (tertiary/aromatic N) is 4. The van der Waals surface area contributed by atoms with Crippen molar-refractivity contribution >= 4 is 53.6 Å². The number of benzene rings is 3. The average molecular weight is 849 g/mol. The Morgan fingerprint density at radius 3 is 2.33 bits per heavy atom. The van der Waals surface area contributed by atoms with Crippen LogP contribution in [0, 0.1) is 6.92 Å². The zero-order valence-electron chi connectivity index (χ0n) is 30.5. The summed E-state index contributed by atoms with van der Waals surface area (Å²) in [6.45, 7) is 2.24. The number of aromatic nitrogens is 4. The first-order valence-corrected chi connectivity index (χ1v) is 20.9. The van der Waals surface area contributed by atoms with Crippen molar-refractivity contribution in [1.29, 1.82) is 0 Å². The Labute approximate surface area is 331 Å². The number of rotatable bonds is 24. The van der Waals surface area contributed by atoms with E-state index in [9.17, 15) is 31.5 Å². The van der Waals surface area contributed by atoms with Gasteiger partial charge in [0.2, 0.25) is 10.2 Å². The van der Waals surface area contributed by atoms with Crippen LogP contribution in [0.2, 0.25) is 0 Å². The summed E-state index contributed by atoms with van der Waals surface area (Å²) in [6, 6.07) is 16.9. The Hall–Kier alpha value is -5.07. The number of aryl methyl sites for hydroxylation is 1. The van der Waals surface area contributed by atoms with E-state index in [2.05, 4.69) is 20.6 Å². The molecule has 1 unspecified atom stereocenters. The number of primary sulfonamides is 1. The van der Waals surface area contributed by atoms with Gasteiger partial charge in [0.25, 0.3) is 20.1 Å². The fourth-order valence-corrected chi connectivity index (χ4v) is 7.41. The van der Waals surface area contributed by atoms with Crippen LogP contribution in [-0.2, 0) is 67.9 Å². The van der Waals surface area contributed by atoms with Crippen LogP contribution in [0.25, 0.3) is 10.2 Å². The Morgan fingerprint density at radius 1 is 0.877 bits per heavy atom. The van der Waals surface area contributed by atoms with E-state index in [1.807, 2.05) is 6.92 Å². The Morgan fingerprint density at radius 2 is 1.60 bits per heavy atom. The number of carbonyl (C=O) groups excluding carboxylic acids is 1. The normalized spacial score (nSPS) is 12.4. The highest BCUT2D eigenvalue weighted by molar-refractivity contribution is 7.91. The molecule has 306 valence electrons. The first-order chi connectivity index (χ1) is 27.2. The number of fused-ring (bicyclic) bond motifs is 1. The van der Waals surface area contributed by atoms with Gasteiger partial charge in [-0.1, -0.05) is 35.0 Å². The maximum absolute atomic E-state index is 12.6. The van der Waals surface area contributed by atoms with Crippen LogP contribution in [0.15, 0.2) is 82.2 Å². The largest absolute Gasteiger partial charge is 0.491 e. The zero-order valence-corrected chi connectivity index (χ0v) is 33.0. The van der Waals surface area contributed by atoms with E-state index >= 15 is 0 Å². The predicted molar refractivity (Wildman–Crippen MR) is 202 cm³/mol. The summed E-state index contributed by atoms with van der Waals surface area (Å²) in [6.07, 6.45) is 1.47. The van der Waals surface area contributed by atoms with Crippen molar-refractivity contribution in [2.75, 3.05) is 46.2 Å². The molecule has 0 aliphatic heterocycles. The number of nitrogens with one attached hydrogen (secondary N) is 1. The van der Waals surface area contributed by atoms with E-state index in [1.54, 1.807) is 54.6 Å². The van der Waals surface area contributed by atoms with E-state index < -0.39 is 38.1 Å². The number of hydrogen-bond acceptors (Lipinski definition) is 16. The molecule has 0 fully saturated rings. The summed E-state index contributed by atoms with van der Waals surface area (Å²) in [5.74, 6) is -0.952. The molecule has 1 amide bonds. The zero-order chi connectivity index (χ0) is 40.8. The topological polar surface area (TPSA) is 260 Å². The van der Waals surface area contributed by atoms with Gasteiger partial charge in [0, 0.05) is 0 Å². The van der Waals surface area contributed by atoms with Crippen LogP contribution in [0.1, 0.15) is 16.8 Å². The third-order valence-electron chi connectivity index (χ3n) is 7.59. The lowest BCUT2D eigenvalue weighted by atomic mass is 10.2. The van der Waals surface area contributed by atoms with Gasteiger partial charge in [0.05, 0.1) is 67.6 Å². The van der Waals surface area contributed by atoms with Crippen molar-refractivity contribution in [1.82, 2.24) is 25.3 Å². The quantitative estimate of drug-likeness (QED) is 0.0593. The van der Waals surface area contributed by atoms with Gasteiger partial charge in [0.1, 0.15) is 37.0 Å². The Bertz CT molecular complexity index is 2340. The van der Waals surface area contributed by atoms with Crippen LogP contribution < -0.4 is 19.9 Å². The number of aliphatic carboxylic acids is 1. The van der Waals surface area contributed by atoms with Gasteiger partial charge in [-0.05, 0) is 55.0 Å². The number of carboxylic acid groups (broad SMARTS) is 1. The molecule has 0 aliphatic rings. The third-order valence-corrected chi connectivity index (χ3v) is 11.3. The van der Waals surface area contributed by atoms with Crippen molar-refractivity contribution in [2.24, 2.45) is 5.14 Å². The van der Waals surface area contributed by atoms with Gasteiger partial charge in [0.15, 0.2) is 6.04 Å². The van der Waals surface area contributed by atoms with E-state index in [0.717, 1.165) is 16.9 Å². The van der Waals surface area contributed by atoms with E-state index in [0.29, 0.717) is 33.0 Å². The summed E-state index contributed by atoms with van der Waals surface area (Å²) in [4.78, 5) is 28.6. The minimum Gasteiger partial charge on any atom is -0.491 e. The molecule has 5 aromatic rings. The number of hydrogen-bond donors (Lipinski definition) is 3. The minimum absolute atomic E-state index is 0.0135. The average Bonchev–Trinajstić information content (AvgIpc) is 3.81. The fourth-order valence-electron chi connectivity index (χ4n) is 4.83.